The minimum absolute atomic E-state index is 0.0941. The molecule has 4 aromatic rings. The quantitative estimate of drug-likeness (QED) is 0.474. The van der Waals surface area contributed by atoms with Gasteiger partial charge in [0, 0.05) is 23.6 Å². The molecule has 1 aliphatic heterocycles. The topological polar surface area (TPSA) is 119 Å². The van der Waals surface area contributed by atoms with Crippen LogP contribution in [-0.2, 0) is 27.0 Å². The van der Waals surface area contributed by atoms with Crippen LogP contribution in [0.3, 0.4) is 0 Å². The highest BCUT2D eigenvalue weighted by atomic mass is 32.2. The van der Waals surface area contributed by atoms with Crippen LogP contribution >= 0.6 is 0 Å². The van der Waals surface area contributed by atoms with Gasteiger partial charge in [0.1, 0.15) is 0 Å². The summed E-state index contributed by atoms with van der Waals surface area (Å²) >= 11 is 0. The van der Waals surface area contributed by atoms with Crippen molar-refractivity contribution in [2.75, 3.05) is 4.90 Å². The summed E-state index contributed by atoms with van der Waals surface area (Å²) in [5, 5.41) is 16.8. The number of para-hydroxylation sites is 1. The number of aromatic nitrogens is 2. The Morgan fingerprint density at radius 3 is 2.30 bits per heavy atom. The summed E-state index contributed by atoms with van der Waals surface area (Å²) in [4.78, 5) is 19.0. The number of aliphatic hydroxyl groups is 1. The van der Waals surface area contributed by atoms with Gasteiger partial charge in [0.05, 0.1) is 23.5 Å². The number of primary sulfonamides is 1. The Hall–Kier alpha value is -3.79. The lowest BCUT2D eigenvalue weighted by molar-refractivity contribution is -0.132. The molecule has 1 aliphatic rings. The van der Waals surface area contributed by atoms with E-state index in [0.29, 0.717) is 11.3 Å². The molecule has 0 aliphatic carbocycles. The van der Waals surface area contributed by atoms with E-state index in [1.165, 1.54) is 29.2 Å². The maximum atomic E-state index is 13.5. The Morgan fingerprint density at radius 2 is 1.67 bits per heavy atom. The lowest BCUT2D eigenvalue weighted by Gasteiger charge is -2.24. The molecule has 0 bridgehead atoms. The average Bonchev–Trinajstić information content (AvgIpc) is 3.43. The fourth-order valence-electron chi connectivity index (χ4n) is 4.12. The second-order valence-electron chi connectivity index (χ2n) is 7.82. The first kappa shape index (κ1) is 21.1. The fourth-order valence-corrected chi connectivity index (χ4v) is 4.64. The molecule has 0 spiro atoms. The minimum Gasteiger partial charge on any atom is -0.372 e. The number of imidazole rings is 1. The second kappa shape index (κ2) is 7.66. The van der Waals surface area contributed by atoms with E-state index >= 15 is 0 Å². The van der Waals surface area contributed by atoms with Crippen LogP contribution in [0.25, 0.3) is 5.69 Å². The van der Waals surface area contributed by atoms with E-state index in [4.69, 9.17) is 5.14 Å². The number of rotatable bonds is 5. The Labute approximate surface area is 190 Å². The summed E-state index contributed by atoms with van der Waals surface area (Å²) in [6.07, 6.45) is 5.25. The number of hydrogen-bond donors (Lipinski definition) is 2. The van der Waals surface area contributed by atoms with Gasteiger partial charge in [-0.1, -0.05) is 42.5 Å². The highest BCUT2D eigenvalue weighted by Gasteiger charge is 2.50. The molecule has 9 heteroatoms. The summed E-state index contributed by atoms with van der Waals surface area (Å²) in [6, 6.07) is 20.1. The van der Waals surface area contributed by atoms with Crippen molar-refractivity contribution in [3.63, 3.8) is 0 Å². The maximum Gasteiger partial charge on any atom is 0.268 e. The number of carbonyl (C=O) groups is 1. The molecule has 1 aromatic heterocycles. The van der Waals surface area contributed by atoms with Crippen molar-refractivity contribution in [2.45, 2.75) is 17.0 Å². The molecule has 0 radical (unpaired) electrons. The summed E-state index contributed by atoms with van der Waals surface area (Å²) in [5.41, 5.74) is 1.19. The van der Waals surface area contributed by atoms with Gasteiger partial charge in [0.25, 0.3) is 5.91 Å². The van der Waals surface area contributed by atoms with Gasteiger partial charge in [-0.15, -0.1) is 0 Å². The van der Waals surface area contributed by atoms with Crippen molar-refractivity contribution in [1.29, 1.82) is 0 Å². The molecule has 3 N–H and O–H groups in total. The molecule has 1 atom stereocenters. The molecule has 1 unspecified atom stereocenters. The molecule has 2 heterocycles. The highest BCUT2D eigenvalue weighted by Crippen LogP contribution is 2.45. The van der Waals surface area contributed by atoms with Crippen molar-refractivity contribution in [1.82, 2.24) is 9.55 Å². The number of nitrogens with two attached hydrogens (primary N) is 1. The molecule has 8 nitrogen and oxygen atoms in total. The van der Waals surface area contributed by atoms with Crippen LogP contribution in [0, 0.1) is 0 Å². The average molecular weight is 461 g/mol. The molecular formula is C24H20N4O4S. The summed E-state index contributed by atoms with van der Waals surface area (Å²) < 4.78 is 25.1. The summed E-state index contributed by atoms with van der Waals surface area (Å²) in [7, 11) is -3.89. The Balaban J connectivity index is 1.50. The predicted molar refractivity (Wildman–Crippen MR) is 122 cm³/mol. The number of anilines is 1. The van der Waals surface area contributed by atoms with Gasteiger partial charge in [-0.3, -0.25) is 4.79 Å². The SMILES string of the molecule is NS(=O)(=O)c1ccc(C2(O)C(=O)N(Cc3ccc(-n4ccnc4)cc3)c3ccccc32)cc1. The zero-order chi connectivity index (χ0) is 23.2. The predicted octanol–water partition coefficient (Wildman–Crippen LogP) is 2.30. The molecule has 166 valence electrons. The summed E-state index contributed by atoms with van der Waals surface area (Å²) in [5.74, 6) is -0.509. The van der Waals surface area contributed by atoms with Gasteiger partial charge in [0.15, 0.2) is 5.60 Å². The van der Waals surface area contributed by atoms with E-state index in [1.807, 2.05) is 35.0 Å². The first-order valence-electron chi connectivity index (χ1n) is 10.1. The monoisotopic (exact) mass is 460 g/mol. The van der Waals surface area contributed by atoms with Gasteiger partial charge in [-0.05, 0) is 41.5 Å². The first-order valence-corrected chi connectivity index (χ1v) is 11.7. The highest BCUT2D eigenvalue weighted by molar-refractivity contribution is 7.89. The molecule has 33 heavy (non-hydrogen) atoms. The number of carbonyl (C=O) groups excluding carboxylic acids is 1. The van der Waals surface area contributed by atoms with E-state index in [9.17, 15) is 18.3 Å². The van der Waals surface area contributed by atoms with Gasteiger partial charge in [-0.2, -0.15) is 0 Å². The van der Waals surface area contributed by atoms with Crippen LogP contribution < -0.4 is 10.0 Å². The van der Waals surface area contributed by atoms with E-state index in [-0.39, 0.29) is 17.0 Å². The van der Waals surface area contributed by atoms with Gasteiger partial charge in [-0.25, -0.2) is 18.5 Å². The van der Waals surface area contributed by atoms with Crippen LogP contribution in [0.2, 0.25) is 0 Å². The van der Waals surface area contributed by atoms with Crippen molar-refractivity contribution in [2.24, 2.45) is 5.14 Å². The normalized spacial score (nSPS) is 17.9. The molecule has 1 amide bonds. The molecule has 5 rings (SSSR count). The van der Waals surface area contributed by atoms with Crippen LogP contribution in [0.1, 0.15) is 16.7 Å². The van der Waals surface area contributed by atoms with Crippen molar-refractivity contribution in [3.05, 3.63) is 108 Å². The molecule has 0 saturated carbocycles. The molecule has 0 saturated heterocycles. The smallest absolute Gasteiger partial charge is 0.268 e. The Kier molecular flexibility index (Phi) is 4.89. The van der Waals surface area contributed by atoms with E-state index in [2.05, 4.69) is 4.98 Å². The van der Waals surface area contributed by atoms with E-state index in [1.54, 1.807) is 36.8 Å². The third kappa shape index (κ3) is 3.52. The molecule has 0 fully saturated rings. The van der Waals surface area contributed by atoms with Gasteiger partial charge < -0.3 is 14.6 Å². The maximum absolute atomic E-state index is 13.5. The molecular weight excluding hydrogens is 440 g/mol. The number of amides is 1. The van der Waals surface area contributed by atoms with Crippen LogP contribution in [0.5, 0.6) is 0 Å². The van der Waals surface area contributed by atoms with Gasteiger partial charge >= 0.3 is 0 Å². The Morgan fingerprint density at radius 1 is 0.970 bits per heavy atom. The third-order valence-corrected chi connectivity index (χ3v) is 6.75. The zero-order valence-electron chi connectivity index (χ0n) is 17.4. The minimum atomic E-state index is -3.89. The van der Waals surface area contributed by atoms with Crippen LogP contribution in [-0.4, -0.2) is 29.0 Å². The van der Waals surface area contributed by atoms with E-state index in [0.717, 1.165) is 11.3 Å². The fraction of sp³-hybridized carbons (Fsp3) is 0.0833. The van der Waals surface area contributed by atoms with Crippen molar-refractivity contribution < 1.29 is 18.3 Å². The first-order chi connectivity index (χ1) is 15.8. The number of fused-ring (bicyclic) bond motifs is 1. The van der Waals surface area contributed by atoms with Crippen molar-refractivity contribution in [3.8, 4) is 5.69 Å². The number of nitrogens with zero attached hydrogens (tertiary/aromatic N) is 3. The summed E-state index contributed by atoms with van der Waals surface area (Å²) in [6.45, 7) is 0.262. The third-order valence-electron chi connectivity index (χ3n) is 5.82. The van der Waals surface area contributed by atoms with Gasteiger partial charge in [0.2, 0.25) is 10.0 Å². The van der Waals surface area contributed by atoms with Crippen molar-refractivity contribution >= 4 is 21.6 Å². The number of sulfonamides is 1. The van der Waals surface area contributed by atoms with Crippen LogP contribution in [0.15, 0.2) is 96.4 Å². The number of benzene rings is 3. The van der Waals surface area contributed by atoms with Crippen LogP contribution in [0.4, 0.5) is 5.69 Å². The largest absolute Gasteiger partial charge is 0.372 e. The lowest BCUT2D eigenvalue weighted by atomic mass is 9.87. The second-order valence-corrected chi connectivity index (χ2v) is 9.39. The lowest BCUT2D eigenvalue weighted by Crippen LogP contribution is -2.40. The standard InChI is InChI=1S/C24H20N4O4S/c25-33(31,32)20-11-7-18(8-12-20)24(30)21-3-1-2-4-22(21)28(23(24)29)15-17-5-9-19(10-6-17)27-14-13-26-16-27/h1-14,16,30H,15H2,(H2,25,31,32). The zero-order valence-corrected chi connectivity index (χ0v) is 18.2. The Bertz CT molecular complexity index is 1430. The number of hydrogen-bond acceptors (Lipinski definition) is 5. The van der Waals surface area contributed by atoms with E-state index < -0.39 is 21.5 Å². The molecule has 3 aromatic carbocycles.